The molecule has 5 nitrogen and oxygen atoms in total. The number of H-pyrrole nitrogens is 1. The molecule has 1 unspecified atom stereocenters. The molecule has 0 amide bonds. The molecule has 0 saturated carbocycles. The van der Waals surface area contributed by atoms with Gasteiger partial charge in [-0.15, -0.1) is 0 Å². The predicted molar refractivity (Wildman–Crippen MR) is 45.1 cm³/mol. The first kappa shape index (κ1) is 8.65. The Hall–Kier alpha value is -0.940. The Labute approximate surface area is 76.5 Å². The molecular formula is C8H13N3O2. The van der Waals surface area contributed by atoms with Gasteiger partial charge in [-0.05, 0) is 6.92 Å². The molecule has 1 atom stereocenters. The van der Waals surface area contributed by atoms with Crippen molar-refractivity contribution in [3.05, 3.63) is 12.2 Å². The van der Waals surface area contributed by atoms with Gasteiger partial charge in [0.25, 0.3) is 0 Å². The maximum absolute atomic E-state index is 5.52. The summed E-state index contributed by atoms with van der Waals surface area (Å²) in [5.74, 6) is 0.307. The molecule has 0 radical (unpaired) electrons. The SMILES string of the molecule is CC(c1ncn[nH]1)C1(C)OCCO1. The molecule has 1 fully saturated rings. The van der Waals surface area contributed by atoms with E-state index in [0.717, 1.165) is 5.82 Å². The zero-order valence-corrected chi connectivity index (χ0v) is 7.78. The molecule has 5 heteroatoms. The molecule has 1 aliphatic heterocycles. The van der Waals surface area contributed by atoms with Gasteiger partial charge in [-0.3, -0.25) is 5.10 Å². The van der Waals surface area contributed by atoms with Crippen molar-refractivity contribution in [3.63, 3.8) is 0 Å². The van der Waals surface area contributed by atoms with Gasteiger partial charge in [-0.1, -0.05) is 6.92 Å². The second-order valence-electron chi connectivity index (χ2n) is 3.31. The largest absolute Gasteiger partial charge is 0.347 e. The van der Waals surface area contributed by atoms with Gasteiger partial charge in [0.2, 0.25) is 0 Å². The first-order valence-electron chi connectivity index (χ1n) is 4.35. The summed E-state index contributed by atoms with van der Waals surface area (Å²) in [4.78, 5) is 4.08. The number of aromatic nitrogens is 3. The standard InChI is InChI=1S/C8H13N3O2/c1-6(7-9-5-10-11-7)8(2)12-3-4-13-8/h5-6H,3-4H2,1-2H3,(H,9,10,11). The summed E-state index contributed by atoms with van der Waals surface area (Å²) in [6, 6.07) is 0. The van der Waals surface area contributed by atoms with Crippen molar-refractivity contribution in [2.45, 2.75) is 25.6 Å². The van der Waals surface area contributed by atoms with E-state index in [1.807, 2.05) is 13.8 Å². The van der Waals surface area contributed by atoms with Crippen molar-refractivity contribution in [1.82, 2.24) is 15.2 Å². The molecule has 13 heavy (non-hydrogen) atoms. The van der Waals surface area contributed by atoms with Crippen LogP contribution in [0.2, 0.25) is 0 Å². The minimum Gasteiger partial charge on any atom is -0.347 e. The minimum absolute atomic E-state index is 0.0671. The smallest absolute Gasteiger partial charge is 0.175 e. The predicted octanol–water partition coefficient (Wildman–Crippen LogP) is 0.671. The van der Waals surface area contributed by atoms with Gasteiger partial charge in [0.15, 0.2) is 5.79 Å². The molecule has 1 saturated heterocycles. The second kappa shape index (κ2) is 3.08. The average molecular weight is 183 g/mol. The van der Waals surface area contributed by atoms with Crippen LogP contribution in [0.4, 0.5) is 0 Å². The Bertz CT molecular complexity index is 267. The topological polar surface area (TPSA) is 60.0 Å². The summed E-state index contributed by atoms with van der Waals surface area (Å²) < 4.78 is 11.0. The number of hydrogen-bond acceptors (Lipinski definition) is 4. The summed E-state index contributed by atoms with van der Waals surface area (Å²) in [6.07, 6.45) is 1.49. The Morgan fingerprint density at radius 2 is 2.23 bits per heavy atom. The van der Waals surface area contributed by atoms with Crippen molar-refractivity contribution in [2.24, 2.45) is 0 Å². The number of rotatable bonds is 2. The third-order valence-corrected chi connectivity index (χ3v) is 2.49. The van der Waals surface area contributed by atoms with Crippen molar-refractivity contribution in [3.8, 4) is 0 Å². The first-order chi connectivity index (χ1) is 6.22. The summed E-state index contributed by atoms with van der Waals surface area (Å²) in [5.41, 5.74) is 0. The van der Waals surface area contributed by atoms with Crippen LogP contribution in [-0.2, 0) is 9.47 Å². The zero-order valence-electron chi connectivity index (χ0n) is 7.78. The van der Waals surface area contributed by atoms with Gasteiger partial charge in [0.05, 0.1) is 19.1 Å². The summed E-state index contributed by atoms with van der Waals surface area (Å²) in [7, 11) is 0. The quantitative estimate of drug-likeness (QED) is 0.732. The molecule has 0 spiro atoms. The van der Waals surface area contributed by atoms with E-state index in [1.165, 1.54) is 6.33 Å². The van der Waals surface area contributed by atoms with Crippen LogP contribution in [-0.4, -0.2) is 34.2 Å². The van der Waals surface area contributed by atoms with Crippen LogP contribution in [0.5, 0.6) is 0 Å². The number of hydrogen-bond donors (Lipinski definition) is 1. The van der Waals surface area contributed by atoms with Gasteiger partial charge in [-0.2, -0.15) is 5.10 Å². The number of ether oxygens (including phenoxy) is 2. The van der Waals surface area contributed by atoms with Crippen molar-refractivity contribution in [1.29, 1.82) is 0 Å². The van der Waals surface area contributed by atoms with E-state index in [0.29, 0.717) is 13.2 Å². The van der Waals surface area contributed by atoms with Gasteiger partial charge in [-0.25, -0.2) is 4.98 Å². The second-order valence-corrected chi connectivity index (χ2v) is 3.31. The van der Waals surface area contributed by atoms with E-state index >= 15 is 0 Å². The summed E-state index contributed by atoms with van der Waals surface area (Å²) in [6.45, 7) is 5.23. The fourth-order valence-corrected chi connectivity index (χ4v) is 1.45. The summed E-state index contributed by atoms with van der Waals surface area (Å²) >= 11 is 0. The lowest BCUT2D eigenvalue weighted by molar-refractivity contribution is -0.158. The molecule has 0 aliphatic carbocycles. The molecule has 0 aromatic carbocycles. The molecule has 1 aromatic rings. The normalized spacial score (nSPS) is 23.2. The van der Waals surface area contributed by atoms with Crippen LogP contribution in [0.1, 0.15) is 25.6 Å². The Balaban J connectivity index is 2.16. The Morgan fingerprint density at radius 3 is 2.77 bits per heavy atom. The highest BCUT2D eigenvalue weighted by atomic mass is 16.7. The highest BCUT2D eigenvalue weighted by Crippen LogP contribution is 2.32. The lowest BCUT2D eigenvalue weighted by Crippen LogP contribution is -2.33. The molecule has 1 aliphatic rings. The van der Waals surface area contributed by atoms with E-state index < -0.39 is 5.79 Å². The van der Waals surface area contributed by atoms with E-state index in [-0.39, 0.29) is 5.92 Å². The molecular weight excluding hydrogens is 170 g/mol. The van der Waals surface area contributed by atoms with E-state index in [1.54, 1.807) is 0 Å². The van der Waals surface area contributed by atoms with E-state index in [9.17, 15) is 0 Å². The Morgan fingerprint density at radius 1 is 1.54 bits per heavy atom. The molecule has 1 N–H and O–H groups in total. The van der Waals surface area contributed by atoms with Crippen LogP contribution in [0.15, 0.2) is 6.33 Å². The number of nitrogens with one attached hydrogen (secondary N) is 1. The average Bonchev–Trinajstić information content (AvgIpc) is 2.73. The maximum atomic E-state index is 5.52. The van der Waals surface area contributed by atoms with Gasteiger partial charge in [0.1, 0.15) is 12.2 Å². The monoisotopic (exact) mass is 183 g/mol. The van der Waals surface area contributed by atoms with Crippen LogP contribution in [0, 0.1) is 0 Å². The van der Waals surface area contributed by atoms with Crippen LogP contribution in [0.25, 0.3) is 0 Å². The van der Waals surface area contributed by atoms with Crippen molar-refractivity contribution >= 4 is 0 Å². The first-order valence-corrected chi connectivity index (χ1v) is 4.35. The molecule has 2 heterocycles. The van der Waals surface area contributed by atoms with Gasteiger partial charge < -0.3 is 9.47 Å². The third kappa shape index (κ3) is 1.45. The van der Waals surface area contributed by atoms with Crippen LogP contribution in [0.3, 0.4) is 0 Å². The maximum Gasteiger partial charge on any atom is 0.175 e. The van der Waals surface area contributed by atoms with Crippen molar-refractivity contribution < 1.29 is 9.47 Å². The highest BCUT2D eigenvalue weighted by molar-refractivity contribution is 4.98. The zero-order chi connectivity index (χ0) is 9.31. The minimum atomic E-state index is -0.556. The van der Waals surface area contributed by atoms with E-state index in [4.69, 9.17) is 9.47 Å². The van der Waals surface area contributed by atoms with Crippen LogP contribution >= 0.6 is 0 Å². The lowest BCUT2D eigenvalue weighted by Gasteiger charge is -2.27. The van der Waals surface area contributed by atoms with Gasteiger partial charge in [0, 0.05) is 0 Å². The van der Waals surface area contributed by atoms with Gasteiger partial charge >= 0.3 is 0 Å². The molecule has 0 bridgehead atoms. The Kier molecular flexibility index (Phi) is 2.05. The molecule has 2 rings (SSSR count). The molecule has 72 valence electrons. The van der Waals surface area contributed by atoms with E-state index in [2.05, 4.69) is 15.2 Å². The number of aromatic amines is 1. The fourth-order valence-electron chi connectivity index (χ4n) is 1.45. The van der Waals surface area contributed by atoms with Crippen LogP contribution < -0.4 is 0 Å². The number of nitrogens with zero attached hydrogens (tertiary/aromatic N) is 2. The highest BCUT2D eigenvalue weighted by Gasteiger charge is 2.39. The summed E-state index contributed by atoms with van der Waals surface area (Å²) in [5, 5.41) is 6.62. The van der Waals surface area contributed by atoms with Crippen molar-refractivity contribution in [2.75, 3.05) is 13.2 Å². The lowest BCUT2D eigenvalue weighted by atomic mass is 10.0. The fraction of sp³-hybridized carbons (Fsp3) is 0.750. The third-order valence-electron chi connectivity index (χ3n) is 2.49. The molecule has 1 aromatic heterocycles.